The minimum Gasteiger partial charge on any atom is -0.504 e. The number of ether oxygens (including phenoxy) is 5. The first-order chi connectivity index (χ1) is 21.9. The third kappa shape index (κ3) is 4.44. The van der Waals surface area contributed by atoms with Crippen LogP contribution in [0.1, 0.15) is 64.6 Å². The number of aliphatic hydroxyl groups is 1. The molecule has 4 bridgehead atoms. The first-order valence-corrected chi connectivity index (χ1v) is 16.3. The molecule has 2 aromatic rings. The number of thioether (sulfide) groups is 1. The number of hydrogen-bond donors (Lipinski definition) is 3. The zero-order valence-corrected chi connectivity index (χ0v) is 27.2. The van der Waals surface area contributed by atoms with E-state index >= 15 is 0 Å². The van der Waals surface area contributed by atoms with Crippen molar-refractivity contribution >= 4 is 29.6 Å². The summed E-state index contributed by atoms with van der Waals surface area (Å²) in [6.45, 7) is 6.10. The van der Waals surface area contributed by atoms with Crippen LogP contribution < -0.4 is 24.3 Å². The van der Waals surface area contributed by atoms with Crippen LogP contribution >= 0.6 is 11.8 Å². The average Bonchev–Trinajstić information content (AvgIpc) is 3.48. The van der Waals surface area contributed by atoms with Crippen molar-refractivity contribution in [3.63, 3.8) is 0 Å². The second-order valence-corrected chi connectivity index (χ2v) is 13.6. The van der Waals surface area contributed by atoms with Gasteiger partial charge in [0.2, 0.25) is 12.7 Å². The number of hydrogen-bond acceptors (Lipinski definition) is 13. The van der Waals surface area contributed by atoms with Crippen molar-refractivity contribution < 1.29 is 48.3 Å². The Hall–Kier alpha value is -3.72. The average molecular weight is 656 g/mol. The van der Waals surface area contributed by atoms with Crippen LogP contribution in [-0.4, -0.2) is 95.5 Å². The van der Waals surface area contributed by atoms with Gasteiger partial charge in [0.1, 0.15) is 24.6 Å². The van der Waals surface area contributed by atoms with Crippen molar-refractivity contribution in [3.05, 3.63) is 39.4 Å². The Bertz CT molecular complexity index is 1670. The Morgan fingerprint density at radius 1 is 1.09 bits per heavy atom. The number of fused-ring (bicyclic) bond motifs is 9. The fraction of sp³-hybridized carbons (Fsp3) is 0.531. The van der Waals surface area contributed by atoms with Crippen molar-refractivity contribution in [2.45, 2.75) is 75.8 Å². The van der Waals surface area contributed by atoms with Gasteiger partial charge in [-0.05, 0) is 38.4 Å². The molecule has 0 aromatic heterocycles. The highest BCUT2D eigenvalue weighted by Gasteiger charge is 2.60. The monoisotopic (exact) mass is 655 g/mol. The largest absolute Gasteiger partial charge is 0.504 e. The molecule has 5 heterocycles. The Balaban J connectivity index is 1.52. The van der Waals surface area contributed by atoms with Crippen LogP contribution in [0.4, 0.5) is 0 Å². The van der Waals surface area contributed by atoms with Gasteiger partial charge in [0.15, 0.2) is 23.0 Å². The molecule has 46 heavy (non-hydrogen) atoms. The molecular formula is C32H37N3O10S. The Kier molecular flexibility index (Phi) is 7.54. The van der Waals surface area contributed by atoms with Gasteiger partial charge in [0.05, 0.1) is 30.5 Å². The number of esters is 2. The van der Waals surface area contributed by atoms with Crippen LogP contribution in [0.25, 0.3) is 0 Å². The number of amides is 1. The molecule has 1 amide bonds. The predicted octanol–water partition coefficient (Wildman–Crippen LogP) is 2.16. The summed E-state index contributed by atoms with van der Waals surface area (Å²) in [6, 6.07) is -1.08. The number of likely N-dealkylation sites (N-methyl/N-ethyl adjacent to an activating group) is 1. The molecule has 2 saturated heterocycles. The lowest BCUT2D eigenvalue weighted by molar-refractivity contribution is -0.184. The molecule has 1 unspecified atom stereocenters. The first-order valence-electron chi connectivity index (χ1n) is 15.2. The van der Waals surface area contributed by atoms with Crippen molar-refractivity contribution in [2.24, 2.45) is 0 Å². The minimum absolute atomic E-state index is 0.0342. The Morgan fingerprint density at radius 2 is 1.83 bits per heavy atom. The summed E-state index contributed by atoms with van der Waals surface area (Å²) in [7, 11) is 3.45. The van der Waals surface area contributed by atoms with Crippen LogP contribution in [0.2, 0.25) is 0 Å². The van der Waals surface area contributed by atoms with Crippen molar-refractivity contribution in [1.82, 2.24) is 15.1 Å². The molecule has 0 saturated carbocycles. The summed E-state index contributed by atoms with van der Waals surface area (Å²) in [5.74, 6) is 0.223. The molecule has 5 aliphatic heterocycles. The molecule has 7 rings (SSSR count). The third-order valence-corrected chi connectivity index (χ3v) is 11.3. The summed E-state index contributed by atoms with van der Waals surface area (Å²) in [5.41, 5.74) is 4.24. The van der Waals surface area contributed by atoms with Crippen LogP contribution in [0.15, 0.2) is 6.07 Å². The quantitative estimate of drug-likeness (QED) is 0.327. The summed E-state index contributed by atoms with van der Waals surface area (Å²) < 4.78 is 29.4. The summed E-state index contributed by atoms with van der Waals surface area (Å²) >= 11 is 1.38. The number of cyclic esters (lactones) is 1. The number of phenols is 1. The molecule has 0 spiro atoms. The van der Waals surface area contributed by atoms with Gasteiger partial charge in [-0.1, -0.05) is 6.07 Å². The number of phenolic OH excluding ortho intramolecular Hbond substituents is 1. The number of piperazine rings is 1. The van der Waals surface area contributed by atoms with Crippen LogP contribution in [0.5, 0.6) is 28.7 Å². The van der Waals surface area contributed by atoms with Crippen LogP contribution in [0.3, 0.4) is 0 Å². The van der Waals surface area contributed by atoms with E-state index in [1.165, 1.54) is 32.7 Å². The van der Waals surface area contributed by atoms with Gasteiger partial charge in [0.25, 0.3) is 0 Å². The number of carbonyl (C=O) groups excluding carboxylic acids is 3. The van der Waals surface area contributed by atoms with E-state index < -0.39 is 47.6 Å². The third-order valence-electron chi connectivity index (χ3n) is 9.87. The van der Waals surface area contributed by atoms with E-state index in [0.717, 1.165) is 11.1 Å². The van der Waals surface area contributed by atoms with Gasteiger partial charge in [-0.2, -0.15) is 0 Å². The smallest absolute Gasteiger partial charge is 0.329 e. The van der Waals surface area contributed by atoms with E-state index in [4.69, 9.17) is 23.7 Å². The van der Waals surface area contributed by atoms with E-state index in [0.29, 0.717) is 51.7 Å². The minimum atomic E-state index is -1.02. The topological polar surface area (TPSA) is 156 Å². The van der Waals surface area contributed by atoms with Gasteiger partial charge in [-0.15, -0.1) is 11.8 Å². The van der Waals surface area contributed by atoms with E-state index in [1.807, 2.05) is 24.9 Å². The zero-order chi connectivity index (χ0) is 32.8. The normalized spacial score (nSPS) is 29.6. The van der Waals surface area contributed by atoms with Crippen molar-refractivity contribution in [3.8, 4) is 28.7 Å². The van der Waals surface area contributed by atoms with Gasteiger partial charge in [-0.3, -0.25) is 19.4 Å². The Labute approximate surface area is 270 Å². The first kappa shape index (κ1) is 30.9. The number of aromatic hydroxyl groups is 1. The molecule has 2 fully saturated rings. The van der Waals surface area contributed by atoms with Gasteiger partial charge < -0.3 is 39.2 Å². The molecule has 14 heteroatoms. The molecule has 3 N–H and O–H groups in total. The van der Waals surface area contributed by atoms with E-state index in [-0.39, 0.29) is 36.9 Å². The number of benzene rings is 2. The van der Waals surface area contributed by atoms with Gasteiger partial charge in [-0.25, -0.2) is 4.79 Å². The van der Waals surface area contributed by atoms with Gasteiger partial charge >= 0.3 is 11.9 Å². The van der Waals surface area contributed by atoms with E-state index in [9.17, 15) is 24.6 Å². The summed E-state index contributed by atoms with van der Waals surface area (Å²) in [6.07, 6.45) is -0.567. The lowest BCUT2D eigenvalue weighted by atomic mass is 9.73. The molecule has 0 radical (unpaired) electrons. The molecule has 5 aliphatic rings. The maximum absolute atomic E-state index is 13.3. The number of aryl methyl sites for hydroxylation is 1. The van der Waals surface area contributed by atoms with E-state index in [2.05, 4.69) is 10.2 Å². The van der Waals surface area contributed by atoms with Crippen LogP contribution in [0, 0.1) is 13.8 Å². The second kappa shape index (κ2) is 11.2. The molecule has 0 aliphatic carbocycles. The second-order valence-electron chi connectivity index (χ2n) is 12.5. The number of rotatable bonds is 3. The maximum Gasteiger partial charge on any atom is 0.329 e. The molecule has 2 aromatic carbocycles. The number of carbonyl (C=O) groups is 3. The van der Waals surface area contributed by atoms with E-state index in [1.54, 1.807) is 6.92 Å². The maximum atomic E-state index is 13.3. The summed E-state index contributed by atoms with van der Waals surface area (Å²) in [4.78, 5) is 42.1. The Morgan fingerprint density at radius 3 is 2.52 bits per heavy atom. The number of aliphatic hydroxyl groups excluding tert-OH is 1. The van der Waals surface area contributed by atoms with Gasteiger partial charge in [0, 0.05) is 47.9 Å². The van der Waals surface area contributed by atoms with Crippen molar-refractivity contribution in [1.29, 1.82) is 0 Å². The van der Waals surface area contributed by atoms with Crippen LogP contribution in [-0.2, 0) is 25.5 Å². The highest BCUT2D eigenvalue weighted by Crippen LogP contribution is 2.63. The fourth-order valence-electron chi connectivity index (χ4n) is 8.12. The molecular weight excluding hydrogens is 618 g/mol. The highest BCUT2D eigenvalue weighted by atomic mass is 32.2. The number of nitrogens with zero attached hydrogens (tertiary/aromatic N) is 2. The lowest BCUT2D eigenvalue weighted by Gasteiger charge is -2.62. The highest BCUT2D eigenvalue weighted by molar-refractivity contribution is 7.99. The number of methoxy groups -OCH3 is 1. The summed E-state index contributed by atoms with van der Waals surface area (Å²) in [5, 5.41) is 26.2. The molecule has 7 atom stereocenters. The zero-order valence-electron chi connectivity index (χ0n) is 26.4. The lowest BCUT2D eigenvalue weighted by Crippen LogP contribution is -2.69. The SMILES string of the molecule is COc1c(C)cc2c(c1O)[C@H]1[C@@H]3C4SC[C@H](NC(C)=O)C(=O)OC[C@@H](c5c6c(c(C)c(OC(C)=O)c54)OCO6)N3[C@@H](O)[C@H](C2)N1C. The fourth-order valence-corrected chi connectivity index (χ4v) is 9.63. The standard InChI is InChI=1S/C32H37N3O10S/c1-12-7-16-8-18-31(39)35-19-9-42-32(40)17(33-14(3)36)10-46-30(24(35)23(34(18)5)20(16)25(38)26(12)41-6)22-21(19)29-28(43-11-44-29)13(2)27(22)45-15(4)37/h7,17-19,23-24,30-31,38-39H,8-11H2,1-6H3,(H,33,36)/t17-,18-,19-,23-,24+,30?,31-/m0/s1. The molecule has 13 nitrogen and oxygen atoms in total. The molecule has 246 valence electrons. The number of nitrogens with one attached hydrogen (secondary N) is 1. The van der Waals surface area contributed by atoms with Crippen molar-refractivity contribution in [2.75, 3.05) is 33.3 Å². The predicted molar refractivity (Wildman–Crippen MR) is 164 cm³/mol.